The van der Waals surface area contributed by atoms with Gasteiger partial charge in [0.05, 0.1) is 5.56 Å². The maximum Gasteiger partial charge on any atom is 0.253 e. The van der Waals surface area contributed by atoms with E-state index in [-0.39, 0.29) is 11.9 Å². The van der Waals surface area contributed by atoms with Gasteiger partial charge in [0, 0.05) is 18.3 Å². The Labute approximate surface area is 122 Å². The summed E-state index contributed by atoms with van der Waals surface area (Å²) in [6.45, 7) is 5.01. The van der Waals surface area contributed by atoms with Crippen molar-refractivity contribution in [1.29, 1.82) is 0 Å². The summed E-state index contributed by atoms with van der Waals surface area (Å²) < 4.78 is 0. The van der Waals surface area contributed by atoms with Crippen molar-refractivity contribution in [2.75, 3.05) is 11.9 Å². The van der Waals surface area contributed by atoms with Crippen LogP contribution in [0.5, 0.6) is 0 Å². The van der Waals surface area contributed by atoms with E-state index in [1.807, 2.05) is 31.2 Å². The molecule has 0 heterocycles. The Morgan fingerprint density at radius 2 is 1.95 bits per heavy atom. The van der Waals surface area contributed by atoms with Gasteiger partial charge in [-0.15, -0.1) is 0 Å². The van der Waals surface area contributed by atoms with Gasteiger partial charge in [-0.3, -0.25) is 4.79 Å². The highest BCUT2D eigenvalue weighted by Crippen LogP contribution is 2.26. The molecular formula is C17H26N2O. The van der Waals surface area contributed by atoms with E-state index in [1.165, 1.54) is 32.1 Å². The van der Waals surface area contributed by atoms with E-state index in [0.29, 0.717) is 5.92 Å². The number of nitrogens with one attached hydrogen (secondary N) is 2. The van der Waals surface area contributed by atoms with Gasteiger partial charge in [0.25, 0.3) is 5.91 Å². The monoisotopic (exact) mass is 274 g/mol. The quantitative estimate of drug-likeness (QED) is 0.857. The lowest BCUT2D eigenvalue weighted by Gasteiger charge is -2.28. The number of benzene rings is 1. The predicted molar refractivity (Wildman–Crippen MR) is 84.1 cm³/mol. The van der Waals surface area contributed by atoms with Crippen LogP contribution in [-0.4, -0.2) is 18.5 Å². The van der Waals surface area contributed by atoms with E-state index in [9.17, 15) is 4.79 Å². The summed E-state index contributed by atoms with van der Waals surface area (Å²) in [5.74, 6) is 0.679. The molecule has 0 aliphatic heterocycles. The summed E-state index contributed by atoms with van der Waals surface area (Å²) in [5, 5.41) is 6.43. The Bertz CT molecular complexity index is 438. The number of carbonyl (C=O) groups is 1. The third-order valence-electron chi connectivity index (χ3n) is 4.25. The van der Waals surface area contributed by atoms with Crippen molar-refractivity contribution >= 4 is 11.6 Å². The first-order chi connectivity index (χ1) is 9.72. The molecule has 0 aromatic heterocycles. The van der Waals surface area contributed by atoms with E-state index >= 15 is 0 Å². The van der Waals surface area contributed by atoms with Crippen LogP contribution in [0.15, 0.2) is 24.3 Å². The molecule has 1 aromatic rings. The molecule has 1 atom stereocenters. The zero-order valence-electron chi connectivity index (χ0n) is 12.6. The van der Waals surface area contributed by atoms with Crippen molar-refractivity contribution in [3.63, 3.8) is 0 Å². The number of amides is 1. The van der Waals surface area contributed by atoms with Gasteiger partial charge in [-0.05, 0) is 44.7 Å². The van der Waals surface area contributed by atoms with Gasteiger partial charge in [0.2, 0.25) is 0 Å². The summed E-state index contributed by atoms with van der Waals surface area (Å²) in [6, 6.07) is 7.99. The average molecular weight is 274 g/mol. The van der Waals surface area contributed by atoms with Gasteiger partial charge in [0.15, 0.2) is 0 Å². The molecule has 1 aliphatic rings. The van der Waals surface area contributed by atoms with E-state index in [0.717, 1.165) is 17.8 Å². The standard InChI is InChI=1S/C17H26N2O/c1-3-18-16-12-8-7-11-15(16)17(20)19-13(2)14-9-5-4-6-10-14/h7-8,11-14,18H,3-6,9-10H2,1-2H3,(H,19,20)/t13-/m0/s1. The van der Waals surface area contributed by atoms with Crippen molar-refractivity contribution in [1.82, 2.24) is 5.32 Å². The van der Waals surface area contributed by atoms with E-state index in [4.69, 9.17) is 0 Å². The van der Waals surface area contributed by atoms with Gasteiger partial charge >= 0.3 is 0 Å². The summed E-state index contributed by atoms with van der Waals surface area (Å²) in [5.41, 5.74) is 1.67. The maximum absolute atomic E-state index is 12.4. The first-order valence-electron chi connectivity index (χ1n) is 7.86. The fraction of sp³-hybridized carbons (Fsp3) is 0.588. The summed E-state index contributed by atoms with van der Waals surface area (Å²) >= 11 is 0. The lowest BCUT2D eigenvalue weighted by Crippen LogP contribution is -2.39. The van der Waals surface area contributed by atoms with Crippen LogP contribution in [0, 0.1) is 5.92 Å². The van der Waals surface area contributed by atoms with Crippen LogP contribution < -0.4 is 10.6 Å². The van der Waals surface area contributed by atoms with Crippen molar-refractivity contribution in [2.24, 2.45) is 5.92 Å². The van der Waals surface area contributed by atoms with Gasteiger partial charge in [0.1, 0.15) is 0 Å². The highest BCUT2D eigenvalue weighted by Gasteiger charge is 2.22. The zero-order chi connectivity index (χ0) is 14.4. The van der Waals surface area contributed by atoms with Crippen molar-refractivity contribution in [3.8, 4) is 0 Å². The van der Waals surface area contributed by atoms with E-state index in [2.05, 4.69) is 17.6 Å². The number of anilines is 1. The minimum Gasteiger partial charge on any atom is -0.385 e. The lowest BCUT2D eigenvalue weighted by atomic mass is 9.84. The second-order valence-electron chi connectivity index (χ2n) is 5.74. The molecule has 0 radical (unpaired) electrons. The molecule has 1 amide bonds. The third kappa shape index (κ3) is 3.75. The van der Waals surface area contributed by atoms with Crippen LogP contribution in [0.4, 0.5) is 5.69 Å². The largest absolute Gasteiger partial charge is 0.385 e. The fourth-order valence-corrected chi connectivity index (χ4v) is 3.06. The molecule has 0 unspecified atom stereocenters. The fourth-order valence-electron chi connectivity index (χ4n) is 3.06. The number of rotatable bonds is 5. The molecule has 20 heavy (non-hydrogen) atoms. The van der Waals surface area contributed by atoms with Crippen molar-refractivity contribution in [2.45, 2.75) is 52.0 Å². The van der Waals surface area contributed by atoms with Crippen molar-refractivity contribution < 1.29 is 4.79 Å². The molecular weight excluding hydrogens is 248 g/mol. The van der Waals surface area contributed by atoms with Crippen LogP contribution >= 0.6 is 0 Å². The van der Waals surface area contributed by atoms with E-state index < -0.39 is 0 Å². The van der Waals surface area contributed by atoms with Gasteiger partial charge < -0.3 is 10.6 Å². The molecule has 0 bridgehead atoms. The molecule has 110 valence electrons. The zero-order valence-corrected chi connectivity index (χ0v) is 12.6. The Balaban J connectivity index is 2.00. The highest BCUT2D eigenvalue weighted by atomic mass is 16.1. The van der Waals surface area contributed by atoms with Crippen LogP contribution in [0.25, 0.3) is 0 Å². The molecule has 1 fully saturated rings. The number of carbonyl (C=O) groups excluding carboxylic acids is 1. The Morgan fingerprint density at radius 1 is 1.25 bits per heavy atom. The summed E-state index contributed by atoms with van der Waals surface area (Å²) in [7, 11) is 0. The molecule has 1 saturated carbocycles. The molecule has 0 saturated heterocycles. The Kier molecular flexibility index (Phi) is 5.45. The third-order valence-corrected chi connectivity index (χ3v) is 4.25. The normalized spacial score (nSPS) is 17.5. The minimum absolute atomic E-state index is 0.0413. The van der Waals surface area contributed by atoms with Crippen LogP contribution in [0.1, 0.15) is 56.3 Å². The molecule has 1 aliphatic carbocycles. The maximum atomic E-state index is 12.4. The highest BCUT2D eigenvalue weighted by molar-refractivity contribution is 5.99. The Morgan fingerprint density at radius 3 is 2.65 bits per heavy atom. The summed E-state index contributed by atoms with van der Waals surface area (Å²) in [4.78, 5) is 12.4. The van der Waals surface area contributed by atoms with Gasteiger partial charge in [-0.25, -0.2) is 0 Å². The number of hydrogen-bond acceptors (Lipinski definition) is 2. The molecule has 3 heteroatoms. The topological polar surface area (TPSA) is 41.1 Å². The summed E-state index contributed by atoms with van der Waals surface area (Å²) in [6.07, 6.45) is 6.45. The molecule has 1 aromatic carbocycles. The first kappa shape index (κ1) is 14.9. The number of para-hydroxylation sites is 1. The minimum atomic E-state index is 0.0413. The van der Waals surface area contributed by atoms with Crippen LogP contribution in [-0.2, 0) is 0 Å². The number of hydrogen-bond donors (Lipinski definition) is 2. The van der Waals surface area contributed by atoms with Gasteiger partial charge in [-0.1, -0.05) is 31.4 Å². The first-order valence-corrected chi connectivity index (χ1v) is 7.86. The van der Waals surface area contributed by atoms with E-state index in [1.54, 1.807) is 0 Å². The molecule has 2 rings (SSSR count). The van der Waals surface area contributed by atoms with Crippen molar-refractivity contribution in [3.05, 3.63) is 29.8 Å². The van der Waals surface area contributed by atoms with Crippen LogP contribution in [0.3, 0.4) is 0 Å². The predicted octanol–water partition coefficient (Wildman–Crippen LogP) is 3.82. The molecule has 3 nitrogen and oxygen atoms in total. The smallest absolute Gasteiger partial charge is 0.253 e. The SMILES string of the molecule is CCNc1ccccc1C(=O)N[C@@H](C)C1CCCCC1. The molecule has 2 N–H and O–H groups in total. The molecule has 0 spiro atoms. The van der Waals surface area contributed by atoms with Crippen LogP contribution in [0.2, 0.25) is 0 Å². The second kappa shape index (κ2) is 7.32. The Hall–Kier alpha value is -1.51. The second-order valence-corrected chi connectivity index (χ2v) is 5.74. The average Bonchev–Trinajstić information content (AvgIpc) is 2.49. The lowest BCUT2D eigenvalue weighted by molar-refractivity contribution is 0.0920. The van der Waals surface area contributed by atoms with Gasteiger partial charge in [-0.2, -0.15) is 0 Å².